The maximum absolute atomic E-state index is 5.37. The van der Waals surface area contributed by atoms with Crippen LogP contribution in [0.15, 0.2) is 87.2 Å². The first-order valence-electron chi connectivity index (χ1n) is 13.9. The topological polar surface area (TPSA) is 24.4 Å². The maximum Gasteiger partial charge on any atom is 0.0704 e. The van der Waals surface area contributed by atoms with Crippen LogP contribution in [0.4, 0.5) is 0 Å². The Balaban J connectivity index is 2.55. The Labute approximate surface area is 216 Å². The summed E-state index contributed by atoms with van der Waals surface area (Å²) in [4.78, 5) is 5.37. The second kappa shape index (κ2) is 15.0. The summed E-state index contributed by atoms with van der Waals surface area (Å²) in [7, 11) is 0. The van der Waals surface area contributed by atoms with Gasteiger partial charge in [-0.15, -0.1) is 0 Å². The van der Waals surface area contributed by atoms with Gasteiger partial charge in [-0.25, -0.2) is 0 Å². The quantitative estimate of drug-likeness (QED) is 0.234. The first-order valence-corrected chi connectivity index (χ1v) is 13.9. The van der Waals surface area contributed by atoms with Gasteiger partial charge in [0.05, 0.1) is 5.70 Å². The molecule has 2 nitrogen and oxygen atoms in total. The molecule has 0 radical (unpaired) electrons. The number of aliphatic imine (C=N–C) groups is 1. The molecular weight excluding hydrogens is 424 g/mol. The lowest BCUT2D eigenvalue weighted by molar-refractivity contribution is 0.425. The molecule has 0 bridgehead atoms. The highest BCUT2D eigenvalue weighted by molar-refractivity contribution is 5.98. The molecule has 2 heteroatoms. The summed E-state index contributed by atoms with van der Waals surface area (Å²) in [6.45, 7) is 21.9. The van der Waals surface area contributed by atoms with Gasteiger partial charge in [-0.2, -0.15) is 0 Å². The SMILES string of the molecule is C=C(C)\C(=C/C(=C\C)C(=C/C(C)=C1CCC1)/N=C(/C=C\C(=C/C)C1CCNCC1)C(C)CC)CC. The Kier molecular flexibility index (Phi) is 12.5. The molecule has 1 aliphatic heterocycles. The number of allylic oxidation sites excluding steroid dienone is 11. The highest BCUT2D eigenvalue weighted by atomic mass is 14.9. The van der Waals surface area contributed by atoms with Crippen LogP contribution >= 0.6 is 0 Å². The minimum Gasteiger partial charge on any atom is -0.317 e. The number of hydrogen-bond donors (Lipinski definition) is 1. The van der Waals surface area contributed by atoms with Crippen molar-refractivity contribution in [3.63, 3.8) is 0 Å². The van der Waals surface area contributed by atoms with Crippen LogP contribution in [-0.4, -0.2) is 18.8 Å². The van der Waals surface area contributed by atoms with Crippen LogP contribution in [0.25, 0.3) is 0 Å². The van der Waals surface area contributed by atoms with Crippen molar-refractivity contribution in [2.75, 3.05) is 13.1 Å². The molecular formula is C33H50N2. The predicted octanol–water partition coefficient (Wildman–Crippen LogP) is 9.22. The Morgan fingerprint density at radius 1 is 1.06 bits per heavy atom. The number of rotatable bonds is 11. The third kappa shape index (κ3) is 8.76. The van der Waals surface area contributed by atoms with Crippen LogP contribution < -0.4 is 5.32 Å². The largest absolute Gasteiger partial charge is 0.317 e. The summed E-state index contributed by atoms with van der Waals surface area (Å²) in [5.74, 6) is 1.04. The standard InChI is InChI=1S/C33H50N2/c1-9-25(7)32(17-16-27(10-2)31-18-20-34-21-19-31)35-33(22-26(8)30-14-13-15-30)29(12-4)23-28(11-3)24(5)6/h10,12,16-17,22-23,25,31,34H,5,9,11,13-15,18-21H2,1-4,6-8H3/b17-16-,27-10+,28-23-,29-12+,33-22-,35-32-. The zero-order chi connectivity index (χ0) is 25.8. The lowest BCUT2D eigenvalue weighted by atomic mass is 9.87. The van der Waals surface area contributed by atoms with Crippen molar-refractivity contribution in [1.29, 1.82) is 0 Å². The van der Waals surface area contributed by atoms with Crippen LogP contribution in [-0.2, 0) is 0 Å². The van der Waals surface area contributed by atoms with Gasteiger partial charge in [0.2, 0.25) is 0 Å². The van der Waals surface area contributed by atoms with E-state index in [4.69, 9.17) is 4.99 Å². The molecule has 1 aliphatic carbocycles. The summed E-state index contributed by atoms with van der Waals surface area (Å²) >= 11 is 0. The molecule has 2 aliphatic rings. The average Bonchev–Trinajstić information content (AvgIpc) is 2.82. The van der Waals surface area contributed by atoms with E-state index in [2.05, 4.69) is 96.8 Å². The van der Waals surface area contributed by atoms with E-state index in [1.165, 1.54) is 60.1 Å². The summed E-state index contributed by atoms with van der Waals surface area (Å²) in [6.07, 6.45) is 22.0. The molecule has 2 rings (SSSR count). The van der Waals surface area contributed by atoms with Gasteiger partial charge in [0.25, 0.3) is 0 Å². The van der Waals surface area contributed by atoms with Gasteiger partial charge in [0, 0.05) is 5.71 Å². The molecule has 1 unspecified atom stereocenters. The highest BCUT2D eigenvalue weighted by Gasteiger charge is 2.17. The second-order valence-corrected chi connectivity index (χ2v) is 10.2. The number of nitrogens with one attached hydrogen (secondary N) is 1. The van der Waals surface area contributed by atoms with E-state index in [0.717, 1.165) is 37.2 Å². The van der Waals surface area contributed by atoms with Crippen molar-refractivity contribution in [1.82, 2.24) is 5.32 Å². The van der Waals surface area contributed by atoms with Gasteiger partial charge in [-0.3, -0.25) is 4.99 Å². The molecule has 35 heavy (non-hydrogen) atoms. The molecule has 1 heterocycles. The third-order valence-electron chi connectivity index (χ3n) is 7.69. The molecule has 0 aromatic heterocycles. The van der Waals surface area contributed by atoms with Crippen LogP contribution in [0.3, 0.4) is 0 Å². The molecule has 0 amide bonds. The minimum absolute atomic E-state index is 0.395. The van der Waals surface area contributed by atoms with E-state index in [0.29, 0.717) is 11.8 Å². The summed E-state index contributed by atoms with van der Waals surface area (Å²) in [5.41, 5.74) is 10.2. The van der Waals surface area contributed by atoms with Gasteiger partial charge in [-0.05, 0) is 138 Å². The average molecular weight is 475 g/mol. The first-order chi connectivity index (χ1) is 16.8. The maximum atomic E-state index is 5.37. The van der Waals surface area contributed by atoms with E-state index >= 15 is 0 Å². The number of piperidine rings is 1. The third-order valence-corrected chi connectivity index (χ3v) is 7.69. The molecule has 0 aromatic carbocycles. The van der Waals surface area contributed by atoms with Crippen LogP contribution in [0.5, 0.6) is 0 Å². The fraction of sp³-hybridized carbons (Fsp3) is 0.545. The smallest absolute Gasteiger partial charge is 0.0704 e. The molecule has 0 aromatic rings. The fourth-order valence-corrected chi connectivity index (χ4v) is 4.72. The van der Waals surface area contributed by atoms with E-state index in [9.17, 15) is 0 Å². The Morgan fingerprint density at radius 2 is 1.74 bits per heavy atom. The van der Waals surface area contributed by atoms with Crippen LogP contribution in [0, 0.1) is 11.8 Å². The van der Waals surface area contributed by atoms with Crippen LogP contribution in [0.1, 0.15) is 93.4 Å². The van der Waals surface area contributed by atoms with Gasteiger partial charge < -0.3 is 5.32 Å². The summed E-state index contributed by atoms with van der Waals surface area (Å²) in [6, 6.07) is 0. The zero-order valence-electron chi connectivity index (χ0n) is 23.6. The molecule has 1 N–H and O–H groups in total. The molecule has 1 atom stereocenters. The molecule has 1 saturated carbocycles. The lowest BCUT2D eigenvalue weighted by Gasteiger charge is -2.24. The summed E-state index contributed by atoms with van der Waals surface area (Å²) in [5, 5.41) is 3.49. The Morgan fingerprint density at radius 3 is 2.23 bits per heavy atom. The van der Waals surface area contributed by atoms with Crippen molar-refractivity contribution < 1.29 is 0 Å². The van der Waals surface area contributed by atoms with E-state index in [1.54, 1.807) is 5.57 Å². The normalized spacial score (nSPS) is 20.3. The fourth-order valence-electron chi connectivity index (χ4n) is 4.72. The minimum atomic E-state index is 0.395. The van der Waals surface area contributed by atoms with Crippen molar-refractivity contribution in [2.45, 2.75) is 93.4 Å². The monoisotopic (exact) mass is 474 g/mol. The van der Waals surface area contributed by atoms with Gasteiger partial charge in [0.15, 0.2) is 0 Å². The Hall–Kier alpha value is -2.19. The predicted molar refractivity (Wildman–Crippen MR) is 157 cm³/mol. The van der Waals surface area contributed by atoms with Crippen molar-refractivity contribution >= 4 is 5.71 Å². The number of nitrogens with zero attached hydrogens (tertiary/aromatic N) is 1. The van der Waals surface area contributed by atoms with Gasteiger partial charge in [-0.1, -0.05) is 56.7 Å². The molecule has 2 fully saturated rings. The van der Waals surface area contributed by atoms with Gasteiger partial charge in [0.1, 0.15) is 0 Å². The zero-order valence-corrected chi connectivity index (χ0v) is 23.6. The number of hydrogen-bond acceptors (Lipinski definition) is 2. The molecule has 192 valence electrons. The van der Waals surface area contributed by atoms with Gasteiger partial charge >= 0.3 is 0 Å². The van der Waals surface area contributed by atoms with Crippen molar-refractivity contribution in [3.8, 4) is 0 Å². The lowest BCUT2D eigenvalue weighted by Crippen LogP contribution is -2.28. The Bertz CT molecular complexity index is 934. The van der Waals surface area contributed by atoms with Crippen molar-refractivity contribution in [3.05, 3.63) is 82.2 Å². The second-order valence-electron chi connectivity index (χ2n) is 10.2. The van der Waals surface area contributed by atoms with E-state index in [-0.39, 0.29) is 0 Å². The summed E-state index contributed by atoms with van der Waals surface area (Å²) < 4.78 is 0. The van der Waals surface area contributed by atoms with E-state index < -0.39 is 0 Å². The highest BCUT2D eigenvalue weighted by Crippen LogP contribution is 2.31. The molecule has 1 saturated heterocycles. The van der Waals surface area contributed by atoms with E-state index in [1.807, 2.05) is 0 Å². The molecule has 0 spiro atoms. The van der Waals surface area contributed by atoms with Crippen LogP contribution in [0.2, 0.25) is 0 Å². The van der Waals surface area contributed by atoms with Crippen molar-refractivity contribution in [2.24, 2.45) is 16.8 Å². The first kappa shape index (κ1) is 29.0.